The number of carbonyl (C=O) groups excluding carboxylic acids is 5. The molecule has 3 aliphatic heterocycles. The second kappa shape index (κ2) is 13.2. The van der Waals surface area contributed by atoms with Crippen LogP contribution in [0.2, 0.25) is 0 Å². The van der Waals surface area contributed by atoms with Crippen LogP contribution in [0.25, 0.3) is 5.57 Å². The van der Waals surface area contributed by atoms with Crippen molar-refractivity contribution in [1.29, 1.82) is 0 Å². The summed E-state index contributed by atoms with van der Waals surface area (Å²) >= 11 is 2.71. The highest BCUT2D eigenvalue weighted by molar-refractivity contribution is 8.26. The SMILES string of the molecule is CCOc1ccc2c(c1)N(C(=O)c1ccccc1)C(C)(C)C1=C2C2(SC(C(=O)OC)=C(C(=O)OC)S2)C(C(=O)OC)=C(C(=O)OC)S1. The third-order valence-electron chi connectivity index (χ3n) is 7.65. The number of methoxy groups -OCH3 is 4. The Balaban J connectivity index is 1.90. The maximum absolute atomic E-state index is 14.4. The summed E-state index contributed by atoms with van der Waals surface area (Å²) in [5.41, 5.74) is 0.514. The van der Waals surface area contributed by atoms with Gasteiger partial charge < -0.3 is 23.7 Å². The average Bonchev–Trinajstić information content (AvgIpc) is 3.47. The quantitative estimate of drug-likeness (QED) is 0.273. The van der Waals surface area contributed by atoms with E-state index in [1.54, 1.807) is 47.4 Å². The summed E-state index contributed by atoms with van der Waals surface area (Å²) in [4.78, 5) is 69.9. The summed E-state index contributed by atoms with van der Waals surface area (Å²) in [5, 5.41) is 0. The van der Waals surface area contributed by atoms with Crippen LogP contribution in [-0.2, 0) is 38.1 Å². The molecule has 0 saturated heterocycles. The minimum atomic E-state index is -1.68. The molecule has 2 aromatic carbocycles. The molecule has 0 unspecified atom stereocenters. The Hall–Kier alpha value is -4.14. The molecule has 0 N–H and O–H groups in total. The number of benzene rings is 2. The van der Waals surface area contributed by atoms with Crippen molar-refractivity contribution in [2.24, 2.45) is 0 Å². The summed E-state index contributed by atoms with van der Waals surface area (Å²) in [6.07, 6.45) is 0. The summed E-state index contributed by atoms with van der Waals surface area (Å²) < 4.78 is 24.6. The molecular formula is C33H31NO10S3. The molecule has 0 aromatic heterocycles. The van der Waals surface area contributed by atoms with E-state index in [2.05, 4.69) is 0 Å². The van der Waals surface area contributed by atoms with Gasteiger partial charge in [0.25, 0.3) is 5.91 Å². The molecule has 3 aliphatic rings. The third kappa shape index (κ3) is 5.51. The van der Waals surface area contributed by atoms with Gasteiger partial charge in [-0.1, -0.05) is 53.5 Å². The van der Waals surface area contributed by atoms with E-state index in [0.717, 1.165) is 35.3 Å². The van der Waals surface area contributed by atoms with Crippen molar-refractivity contribution in [3.8, 4) is 5.75 Å². The van der Waals surface area contributed by atoms with Gasteiger partial charge in [0.05, 0.1) is 51.8 Å². The van der Waals surface area contributed by atoms with Gasteiger partial charge >= 0.3 is 23.9 Å². The number of esters is 4. The lowest BCUT2D eigenvalue weighted by Gasteiger charge is -2.50. The zero-order valence-electron chi connectivity index (χ0n) is 26.6. The van der Waals surface area contributed by atoms with E-state index >= 15 is 0 Å². The number of nitrogens with zero attached hydrogens (tertiary/aromatic N) is 1. The number of amides is 1. The van der Waals surface area contributed by atoms with E-state index in [4.69, 9.17) is 23.7 Å². The molecule has 3 heterocycles. The largest absolute Gasteiger partial charge is 0.494 e. The second-order valence-electron chi connectivity index (χ2n) is 10.6. The predicted molar refractivity (Wildman–Crippen MR) is 179 cm³/mol. The highest BCUT2D eigenvalue weighted by Crippen LogP contribution is 2.71. The molecule has 2 aromatic rings. The van der Waals surface area contributed by atoms with E-state index in [-0.39, 0.29) is 26.2 Å². The summed E-state index contributed by atoms with van der Waals surface area (Å²) in [7, 11) is 4.68. The fourth-order valence-electron chi connectivity index (χ4n) is 5.62. The van der Waals surface area contributed by atoms with Crippen molar-refractivity contribution >= 4 is 76.3 Å². The first kappa shape index (κ1) is 34.2. The molecule has 47 heavy (non-hydrogen) atoms. The first-order valence-electron chi connectivity index (χ1n) is 14.2. The van der Waals surface area contributed by atoms with Gasteiger partial charge in [-0.3, -0.25) is 9.69 Å². The molecule has 0 saturated carbocycles. The van der Waals surface area contributed by atoms with E-state index in [0.29, 0.717) is 39.6 Å². The number of carbonyl (C=O) groups is 5. The van der Waals surface area contributed by atoms with Gasteiger partial charge in [-0.05, 0) is 45.0 Å². The Labute approximate surface area is 284 Å². The topological polar surface area (TPSA) is 135 Å². The molecule has 246 valence electrons. The Kier molecular flexibility index (Phi) is 9.58. The molecule has 0 fully saturated rings. The molecule has 1 amide bonds. The minimum Gasteiger partial charge on any atom is -0.494 e. The highest BCUT2D eigenvalue weighted by Gasteiger charge is 2.61. The van der Waals surface area contributed by atoms with E-state index < -0.39 is 33.5 Å². The number of fused-ring (bicyclic) bond motifs is 3. The van der Waals surface area contributed by atoms with Crippen LogP contribution in [0.3, 0.4) is 0 Å². The number of anilines is 1. The van der Waals surface area contributed by atoms with Gasteiger partial charge in [0, 0.05) is 27.7 Å². The molecule has 14 heteroatoms. The Morgan fingerprint density at radius 3 is 1.83 bits per heavy atom. The lowest BCUT2D eigenvalue weighted by atomic mass is 9.83. The van der Waals surface area contributed by atoms with Crippen molar-refractivity contribution in [2.75, 3.05) is 39.9 Å². The number of hydrogen-bond donors (Lipinski definition) is 0. The highest BCUT2D eigenvalue weighted by atomic mass is 32.2. The van der Waals surface area contributed by atoms with Gasteiger partial charge in [0.15, 0.2) is 0 Å². The van der Waals surface area contributed by atoms with Gasteiger partial charge in [-0.25, -0.2) is 19.2 Å². The fourth-order valence-corrected chi connectivity index (χ4v) is 10.7. The van der Waals surface area contributed by atoms with E-state index in [1.807, 2.05) is 26.8 Å². The third-order valence-corrected chi connectivity index (χ3v) is 12.3. The van der Waals surface area contributed by atoms with Gasteiger partial charge in [0.1, 0.15) is 24.5 Å². The van der Waals surface area contributed by atoms with Crippen molar-refractivity contribution in [3.05, 3.63) is 84.9 Å². The standard InChI is InChI=1S/C33H31NO10S3/c1-8-44-18-14-15-19-20(16-18)34(27(35)17-12-10-9-11-13-17)32(2,3)26-21(19)33(22(28(36)40-4)23(45-26)29(37)41-5)46-24(30(38)42-6)25(47-33)31(39)43-7/h9-16H,8H2,1-7H3. The first-order valence-corrected chi connectivity index (χ1v) is 16.7. The molecule has 1 spiro atoms. The smallest absolute Gasteiger partial charge is 0.345 e. The molecule has 0 radical (unpaired) electrons. The van der Waals surface area contributed by atoms with Crippen molar-refractivity contribution < 1.29 is 47.7 Å². The number of ether oxygens (including phenoxy) is 5. The molecular weight excluding hydrogens is 667 g/mol. The van der Waals surface area contributed by atoms with Crippen LogP contribution in [0.5, 0.6) is 5.75 Å². The monoisotopic (exact) mass is 697 g/mol. The van der Waals surface area contributed by atoms with Crippen LogP contribution >= 0.6 is 35.3 Å². The summed E-state index contributed by atoms with van der Waals surface area (Å²) in [6, 6.07) is 14.0. The zero-order valence-corrected chi connectivity index (χ0v) is 29.0. The number of hydrogen-bond acceptors (Lipinski definition) is 13. The van der Waals surface area contributed by atoms with Gasteiger partial charge in [-0.2, -0.15) is 0 Å². The minimum absolute atomic E-state index is 0.122. The normalized spacial score (nSPS) is 17.6. The van der Waals surface area contributed by atoms with Gasteiger partial charge in [0.2, 0.25) is 0 Å². The molecule has 0 bridgehead atoms. The molecule has 0 aliphatic carbocycles. The van der Waals surface area contributed by atoms with Crippen molar-refractivity contribution in [3.63, 3.8) is 0 Å². The predicted octanol–water partition coefficient (Wildman–Crippen LogP) is 5.32. The lowest BCUT2D eigenvalue weighted by Crippen LogP contribution is -2.53. The van der Waals surface area contributed by atoms with Crippen LogP contribution in [0.1, 0.15) is 36.7 Å². The Morgan fingerprint density at radius 2 is 1.30 bits per heavy atom. The molecule has 5 rings (SSSR count). The van der Waals surface area contributed by atoms with Crippen LogP contribution < -0.4 is 9.64 Å². The molecule has 11 nitrogen and oxygen atoms in total. The van der Waals surface area contributed by atoms with Crippen LogP contribution in [0.15, 0.2) is 73.7 Å². The van der Waals surface area contributed by atoms with Crippen molar-refractivity contribution in [2.45, 2.75) is 30.4 Å². The first-order chi connectivity index (χ1) is 22.4. The summed E-state index contributed by atoms with van der Waals surface area (Å²) in [6.45, 7) is 5.84. The van der Waals surface area contributed by atoms with Gasteiger partial charge in [-0.15, -0.1) is 0 Å². The fraction of sp³-hybridized carbons (Fsp3) is 0.303. The second-order valence-corrected chi connectivity index (χ2v) is 14.4. The van der Waals surface area contributed by atoms with Crippen LogP contribution in [0.4, 0.5) is 5.69 Å². The number of rotatable bonds is 7. The Morgan fingerprint density at radius 1 is 0.745 bits per heavy atom. The summed E-state index contributed by atoms with van der Waals surface area (Å²) in [5.74, 6) is -3.25. The zero-order chi connectivity index (χ0) is 34.3. The van der Waals surface area contributed by atoms with Crippen molar-refractivity contribution in [1.82, 2.24) is 0 Å². The Bertz CT molecular complexity index is 1770. The average molecular weight is 698 g/mol. The maximum atomic E-state index is 14.4. The molecule has 0 atom stereocenters. The van der Waals surface area contributed by atoms with Crippen LogP contribution in [0, 0.1) is 0 Å². The van der Waals surface area contributed by atoms with E-state index in [1.165, 1.54) is 28.4 Å². The van der Waals surface area contributed by atoms with E-state index in [9.17, 15) is 24.0 Å². The maximum Gasteiger partial charge on any atom is 0.345 e. The number of thioether (sulfide) groups is 3. The van der Waals surface area contributed by atoms with Crippen LogP contribution in [-0.4, -0.2) is 74.4 Å². The lowest BCUT2D eigenvalue weighted by molar-refractivity contribution is -0.138.